The van der Waals surface area contributed by atoms with Gasteiger partial charge in [0.25, 0.3) is 0 Å². The van der Waals surface area contributed by atoms with Crippen LogP contribution in [0.5, 0.6) is 0 Å². The third-order valence-corrected chi connectivity index (χ3v) is 5.60. The average Bonchev–Trinajstić information content (AvgIpc) is 3.17. The van der Waals surface area contributed by atoms with Crippen molar-refractivity contribution >= 4 is 11.9 Å². The number of hydrogen-bond donors (Lipinski definition) is 2. The molecule has 3 rings (SSSR count). The highest BCUT2D eigenvalue weighted by molar-refractivity contribution is 5.86. The van der Waals surface area contributed by atoms with Gasteiger partial charge in [0.2, 0.25) is 5.91 Å². The second kappa shape index (κ2) is 10.3. The van der Waals surface area contributed by atoms with E-state index in [0.717, 1.165) is 49.1 Å². The normalized spacial score (nSPS) is 16.1. The number of benzene rings is 1. The monoisotopic (exact) mass is 411 g/mol. The number of nitrogens with one attached hydrogen (secondary N) is 2. The summed E-state index contributed by atoms with van der Waals surface area (Å²) in [5, 5.41) is 10.9. The number of carbonyl (C=O) groups excluding carboxylic acids is 1. The Kier molecular flexibility index (Phi) is 7.49. The van der Waals surface area contributed by atoms with Gasteiger partial charge in [-0.05, 0) is 36.8 Å². The van der Waals surface area contributed by atoms with Crippen LogP contribution in [0.15, 0.2) is 33.8 Å². The summed E-state index contributed by atoms with van der Waals surface area (Å²) in [7, 11) is 3.51. The first kappa shape index (κ1) is 21.9. The maximum Gasteiger partial charge on any atom is 0.241 e. The lowest BCUT2D eigenvalue weighted by Gasteiger charge is -2.27. The SMILES string of the molecule is CCc1noc(CC)c1CN=C(NCC(=O)N(C)C)NC1CCc2ccccc2C1. The molecule has 1 amide bonds. The van der Waals surface area contributed by atoms with Crippen LogP contribution >= 0.6 is 0 Å². The summed E-state index contributed by atoms with van der Waals surface area (Å²) in [6, 6.07) is 8.87. The molecule has 162 valence electrons. The molecule has 1 atom stereocenters. The van der Waals surface area contributed by atoms with Crippen LogP contribution in [0.25, 0.3) is 0 Å². The molecule has 0 fully saturated rings. The summed E-state index contributed by atoms with van der Waals surface area (Å²) >= 11 is 0. The number of rotatable bonds is 7. The lowest BCUT2D eigenvalue weighted by Crippen LogP contribution is -2.48. The lowest BCUT2D eigenvalue weighted by atomic mass is 9.88. The van der Waals surface area contributed by atoms with Crippen LogP contribution in [0.2, 0.25) is 0 Å². The lowest BCUT2D eigenvalue weighted by molar-refractivity contribution is -0.127. The van der Waals surface area contributed by atoms with E-state index < -0.39 is 0 Å². The summed E-state index contributed by atoms with van der Waals surface area (Å²) < 4.78 is 5.47. The molecule has 0 spiro atoms. The molecule has 1 heterocycles. The molecule has 0 radical (unpaired) electrons. The van der Waals surface area contributed by atoms with E-state index in [-0.39, 0.29) is 18.5 Å². The number of amides is 1. The highest BCUT2D eigenvalue weighted by atomic mass is 16.5. The van der Waals surface area contributed by atoms with Gasteiger partial charge in [0.05, 0.1) is 18.8 Å². The van der Waals surface area contributed by atoms with E-state index in [1.165, 1.54) is 11.1 Å². The van der Waals surface area contributed by atoms with E-state index in [4.69, 9.17) is 9.52 Å². The quantitative estimate of drug-likeness (QED) is 0.540. The highest BCUT2D eigenvalue weighted by Crippen LogP contribution is 2.21. The molecule has 0 aliphatic heterocycles. The van der Waals surface area contributed by atoms with Gasteiger partial charge in [-0.15, -0.1) is 0 Å². The largest absolute Gasteiger partial charge is 0.361 e. The standard InChI is InChI=1S/C23H33N5O2/c1-5-20-19(21(6-2)30-27-20)14-24-23(25-15-22(29)28(3)4)26-18-12-11-16-9-7-8-10-17(16)13-18/h7-10,18H,5-6,11-15H2,1-4H3,(H2,24,25,26). The van der Waals surface area contributed by atoms with Crippen molar-refractivity contribution in [3.8, 4) is 0 Å². The molecule has 7 nitrogen and oxygen atoms in total. The molecule has 1 aromatic carbocycles. The van der Waals surface area contributed by atoms with E-state index in [2.05, 4.69) is 53.9 Å². The van der Waals surface area contributed by atoms with Crippen LogP contribution in [0.4, 0.5) is 0 Å². The zero-order valence-electron chi connectivity index (χ0n) is 18.5. The molecule has 1 aliphatic rings. The molecule has 0 bridgehead atoms. The van der Waals surface area contributed by atoms with Crippen molar-refractivity contribution in [1.82, 2.24) is 20.7 Å². The Hall–Kier alpha value is -2.83. The number of aliphatic imine (C=N–C) groups is 1. The van der Waals surface area contributed by atoms with Crippen molar-refractivity contribution in [2.75, 3.05) is 20.6 Å². The predicted octanol–water partition coefficient (Wildman–Crippen LogP) is 2.48. The van der Waals surface area contributed by atoms with Crippen molar-refractivity contribution in [2.24, 2.45) is 4.99 Å². The predicted molar refractivity (Wildman–Crippen MR) is 118 cm³/mol. The Morgan fingerprint density at radius 1 is 1.23 bits per heavy atom. The van der Waals surface area contributed by atoms with Gasteiger partial charge in [0.1, 0.15) is 5.76 Å². The molecule has 0 saturated carbocycles. The summed E-state index contributed by atoms with van der Waals surface area (Å²) in [5.41, 5.74) is 4.81. The molecular weight excluding hydrogens is 378 g/mol. The van der Waals surface area contributed by atoms with Gasteiger partial charge in [-0.25, -0.2) is 4.99 Å². The fourth-order valence-electron chi connectivity index (χ4n) is 3.76. The number of fused-ring (bicyclic) bond motifs is 1. The Morgan fingerprint density at radius 3 is 2.70 bits per heavy atom. The Bertz CT molecular complexity index is 866. The number of nitrogens with zero attached hydrogens (tertiary/aromatic N) is 3. The van der Waals surface area contributed by atoms with Gasteiger partial charge in [-0.3, -0.25) is 4.79 Å². The van der Waals surface area contributed by atoms with Gasteiger partial charge in [0, 0.05) is 32.1 Å². The van der Waals surface area contributed by atoms with E-state index in [9.17, 15) is 4.79 Å². The van der Waals surface area contributed by atoms with Gasteiger partial charge in [-0.1, -0.05) is 43.3 Å². The second-order valence-electron chi connectivity index (χ2n) is 7.90. The van der Waals surface area contributed by atoms with Gasteiger partial charge in [0.15, 0.2) is 5.96 Å². The fourth-order valence-corrected chi connectivity index (χ4v) is 3.76. The van der Waals surface area contributed by atoms with E-state index >= 15 is 0 Å². The molecule has 7 heteroatoms. The number of aromatic nitrogens is 1. The van der Waals surface area contributed by atoms with Crippen LogP contribution in [-0.4, -0.2) is 48.6 Å². The van der Waals surface area contributed by atoms with Gasteiger partial charge in [-0.2, -0.15) is 0 Å². The third-order valence-electron chi connectivity index (χ3n) is 5.60. The molecule has 0 saturated heterocycles. The molecule has 1 aliphatic carbocycles. The smallest absolute Gasteiger partial charge is 0.241 e. The van der Waals surface area contributed by atoms with E-state index in [1.54, 1.807) is 19.0 Å². The molecule has 1 unspecified atom stereocenters. The first-order chi connectivity index (χ1) is 14.5. The third kappa shape index (κ3) is 5.40. The number of aryl methyl sites for hydroxylation is 3. The molecular formula is C23H33N5O2. The van der Waals surface area contributed by atoms with Gasteiger partial charge < -0.3 is 20.1 Å². The van der Waals surface area contributed by atoms with Crippen molar-refractivity contribution in [3.63, 3.8) is 0 Å². The highest BCUT2D eigenvalue weighted by Gasteiger charge is 2.20. The average molecular weight is 412 g/mol. The van der Waals surface area contributed by atoms with E-state index in [1.807, 2.05) is 0 Å². The molecule has 1 aromatic heterocycles. The minimum Gasteiger partial charge on any atom is -0.361 e. The van der Waals surface area contributed by atoms with Crippen molar-refractivity contribution in [2.45, 2.75) is 58.5 Å². The van der Waals surface area contributed by atoms with Crippen molar-refractivity contribution in [3.05, 3.63) is 52.4 Å². The minimum absolute atomic E-state index is 0.00645. The van der Waals surface area contributed by atoms with Crippen LogP contribution in [0, 0.1) is 0 Å². The maximum atomic E-state index is 12.1. The zero-order chi connectivity index (χ0) is 21.5. The van der Waals surface area contributed by atoms with Crippen LogP contribution in [0.3, 0.4) is 0 Å². The zero-order valence-corrected chi connectivity index (χ0v) is 18.5. The topological polar surface area (TPSA) is 82.8 Å². The molecule has 2 aromatic rings. The summed E-state index contributed by atoms with van der Waals surface area (Å²) in [6.45, 7) is 4.80. The molecule has 2 N–H and O–H groups in total. The second-order valence-corrected chi connectivity index (χ2v) is 7.90. The summed E-state index contributed by atoms with van der Waals surface area (Å²) in [4.78, 5) is 18.5. The Labute approximate surface area is 178 Å². The van der Waals surface area contributed by atoms with Crippen LogP contribution in [-0.2, 0) is 37.0 Å². The minimum atomic E-state index is 0.00645. The Morgan fingerprint density at radius 2 is 2.00 bits per heavy atom. The summed E-state index contributed by atoms with van der Waals surface area (Å²) in [6.07, 6.45) is 4.62. The number of carbonyl (C=O) groups is 1. The van der Waals surface area contributed by atoms with Crippen molar-refractivity contribution in [1.29, 1.82) is 0 Å². The first-order valence-electron chi connectivity index (χ1n) is 10.8. The van der Waals surface area contributed by atoms with Crippen molar-refractivity contribution < 1.29 is 9.32 Å². The fraction of sp³-hybridized carbons (Fsp3) is 0.522. The van der Waals surface area contributed by atoms with Crippen LogP contribution in [0.1, 0.15) is 48.4 Å². The van der Waals surface area contributed by atoms with E-state index in [0.29, 0.717) is 12.5 Å². The number of likely N-dealkylation sites (N-methyl/N-ethyl adjacent to an activating group) is 1. The Balaban J connectivity index is 1.74. The van der Waals surface area contributed by atoms with Gasteiger partial charge >= 0.3 is 0 Å². The first-order valence-corrected chi connectivity index (χ1v) is 10.8. The maximum absolute atomic E-state index is 12.1. The number of guanidine groups is 1. The van der Waals surface area contributed by atoms with Crippen LogP contribution < -0.4 is 10.6 Å². The molecule has 30 heavy (non-hydrogen) atoms. The number of hydrogen-bond acceptors (Lipinski definition) is 4. The summed E-state index contributed by atoms with van der Waals surface area (Å²) in [5.74, 6) is 1.54.